The smallest absolute Gasteiger partial charge is 0.337 e. The molecule has 0 aromatic heterocycles. The van der Waals surface area contributed by atoms with E-state index in [1.54, 1.807) is 48.5 Å². The van der Waals surface area contributed by atoms with Crippen molar-refractivity contribution in [2.24, 2.45) is 5.73 Å². The van der Waals surface area contributed by atoms with E-state index < -0.39 is 18.0 Å². The normalized spacial score (nSPS) is 10.3. The van der Waals surface area contributed by atoms with Gasteiger partial charge in [0, 0.05) is 0 Å². The van der Waals surface area contributed by atoms with E-state index in [0.29, 0.717) is 22.6 Å². The van der Waals surface area contributed by atoms with Gasteiger partial charge in [-0.05, 0) is 36.4 Å². The van der Waals surface area contributed by atoms with Crippen LogP contribution in [0.25, 0.3) is 0 Å². The SMILES string of the molecule is COC(=O)c1cccc(OCC(N)COc2cccc(C(=O)OC)c2)c1. The highest BCUT2D eigenvalue weighted by molar-refractivity contribution is 5.90. The summed E-state index contributed by atoms with van der Waals surface area (Å²) in [6.45, 7) is 0.392. The number of benzene rings is 2. The van der Waals surface area contributed by atoms with Crippen LogP contribution in [0.4, 0.5) is 0 Å². The average Bonchev–Trinajstić information content (AvgIpc) is 2.69. The quantitative estimate of drug-likeness (QED) is 0.720. The van der Waals surface area contributed by atoms with Crippen molar-refractivity contribution in [1.82, 2.24) is 0 Å². The highest BCUT2D eigenvalue weighted by Gasteiger charge is 2.10. The molecule has 0 fully saturated rings. The number of carbonyl (C=O) groups is 2. The minimum absolute atomic E-state index is 0.196. The first kappa shape index (κ1) is 19.3. The van der Waals surface area contributed by atoms with Crippen molar-refractivity contribution in [2.75, 3.05) is 27.4 Å². The fraction of sp³-hybridized carbons (Fsp3) is 0.263. The molecule has 2 aromatic carbocycles. The topological polar surface area (TPSA) is 97.1 Å². The molecule has 0 aliphatic rings. The van der Waals surface area contributed by atoms with Gasteiger partial charge in [-0.2, -0.15) is 0 Å². The van der Waals surface area contributed by atoms with Crippen molar-refractivity contribution in [1.29, 1.82) is 0 Å². The number of rotatable bonds is 8. The molecule has 0 saturated carbocycles. The van der Waals surface area contributed by atoms with Crippen LogP contribution in [0.1, 0.15) is 20.7 Å². The molecule has 0 radical (unpaired) electrons. The summed E-state index contributed by atoms with van der Waals surface area (Å²) < 4.78 is 20.5. The Bertz CT molecular complexity index is 698. The molecule has 2 N–H and O–H groups in total. The molecule has 7 heteroatoms. The molecule has 0 saturated heterocycles. The van der Waals surface area contributed by atoms with Crippen LogP contribution >= 0.6 is 0 Å². The molecule has 0 spiro atoms. The number of esters is 2. The van der Waals surface area contributed by atoms with E-state index in [4.69, 9.17) is 15.2 Å². The second-order valence-corrected chi connectivity index (χ2v) is 5.42. The van der Waals surface area contributed by atoms with Gasteiger partial charge in [0.15, 0.2) is 0 Å². The Morgan fingerprint density at radius 1 is 0.846 bits per heavy atom. The molecule has 0 bridgehead atoms. The van der Waals surface area contributed by atoms with E-state index in [1.165, 1.54) is 14.2 Å². The van der Waals surface area contributed by atoms with Gasteiger partial charge in [-0.25, -0.2) is 9.59 Å². The van der Waals surface area contributed by atoms with Gasteiger partial charge in [0.1, 0.15) is 24.7 Å². The summed E-state index contributed by atoms with van der Waals surface area (Å²) >= 11 is 0. The maximum absolute atomic E-state index is 11.5. The van der Waals surface area contributed by atoms with Gasteiger partial charge in [-0.3, -0.25) is 0 Å². The first-order chi connectivity index (χ1) is 12.5. The third kappa shape index (κ3) is 5.49. The molecule has 2 aromatic rings. The monoisotopic (exact) mass is 359 g/mol. The van der Waals surface area contributed by atoms with E-state index in [0.717, 1.165) is 0 Å². The van der Waals surface area contributed by atoms with Crippen molar-refractivity contribution in [3.63, 3.8) is 0 Å². The van der Waals surface area contributed by atoms with Gasteiger partial charge < -0.3 is 24.7 Å². The Morgan fingerprint density at radius 2 is 1.27 bits per heavy atom. The predicted octanol–water partition coefficient (Wildman–Crippen LogP) is 2.04. The Kier molecular flexibility index (Phi) is 6.99. The fourth-order valence-corrected chi connectivity index (χ4v) is 2.12. The maximum atomic E-state index is 11.5. The third-order valence-electron chi connectivity index (χ3n) is 3.44. The summed E-state index contributed by atoms with van der Waals surface area (Å²) in [6, 6.07) is 12.9. The standard InChI is InChI=1S/C19H21NO6/c1-23-18(21)13-5-3-7-16(9-13)25-11-15(20)12-26-17-8-4-6-14(10-17)19(22)24-2/h3-10,15H,11-12,20H2,1-2H3. The van der Waals surface area contributed by atoms with Crippen LogP contribution in [-0.2, 0) is 9.47 Å². The first-order valence-electron chi connectivity index (χ1n) is 7.91. The molecular weight excluding hydrogens is 338 g/mol. The highest BCUT2D eigenvalue weighted by atomic mass is 16.5. The lowest BCUT2D eigenvalue weighted by Gasteiger charge is -2.15. The summed E-state index contributed by atoms with van der Waals surface area (Å²) in [6.07, 6.45) is 0. The van der Waals surface area contributed by atoms with E-state index in [-0.39, 0.29) is 13.2 Å². The summed E-state index contributed by atoms with van der Waals surface area (Å²) in [5.74, 6) is 0.147. The van der Waals surface area contributed by atoms with Crippen LogP contribution in [0.5, 0.6) is 11.5 Å². The van der Waals surface area contributed by atoms with Crippen LogP contribution in [0.15, 0.2) is 48.5 Å². The van der Waals surface area contributed by atoms with E-state index in [2.05, 4.69) is 9.47 Å². The van der Waals surface area contributed by atoms with Crippen LogP contribution in [-0.4, -0.2) is 45.4 Å². The Balaban J connectivity index is 1.85. The van der Waals surface area contributed by atoms with Crippen molar-refractivity contribution in [2.45, 2.75) is 6.04 Å². The van der Waals surface area contributed by atoms with Crippen LogP contribution in [0.2, 0.25) is 0 Å². The summed E-state index contributed by atoms with van der Waals surface area (Å²) in [4.78, 5) is 23.0. The van der Waals surface area contributed by atoms with Crippen LogP contribution < -0.4 is 15.2 Å². The largest absolute Gasteiger partial charge is 0.492 e. The van der Waals surface area contributed by atoms with Gasteiger partial charge in [-0.15, -0.1) is 0 Å². The molecule has 26 heavy (non-hydrogen) atoms. The van der Waals surface area contributed by atoms with Crippen molar-refractivity contribution in [3.05, 3.63) is 59.7 Å². The molecule has 0 unspecified atom stereocenters. The lowest BCUT2D eigenvalue weighted by Crippen LogP contribution is -2.34. The number of hydrogen-bond donors (Lipinski definition) is 1. The Hall–Kier alpha value is -3.06. The van der Waals surface area contributed by atoms with Gasteiger partial charge in [0.2, 0.25) is 0 Å². The molecule has 2 rings (SSSR count). The zero-order valence-electron chi connectivity index (χ0n) is 14.6. The van der Waals surface area contributed by atoms with Crippen LogP contribution in [0.3, 0.4) is 0 Å². The van der Waals surface area contributed by atoms with Gasteiger partial charge in [0.25, 0.3) is 0 Å². The lowest BCUT2D eigenvalue weighted by atomic mass is 10.2. The molecule has 0 aliphatic heterocycles. The van der Waals surface area contributed by atoms with Gasteiger partial charge in [0.05, 0.1) is 31.4 Å². The van der Waals surface area contributed by atoms with Gasteiger partial charge in [-0.1, -0.05) is 12.1 Å². The fourth-order valence-electron chi connectivity index (χ4n) is 2.12. The minimum Gasteiger partial charge on any atom is -0.492 e. The highest BCUT2D eigenvalue weighted by Crippen LogP contribution is 2.16. The van der Waals surface area contributed by atoms with E-state index in [9.17, 15) is 9.59 Å². The molecule has 7 nitrogen and oxygen atoms in total. The number of carbonyl (C=O) groups excluding carboxylic acids is 2. The van der Waals surface area contributed by atoms with Crippen molar-refractivity contribution >= 4 is 11.9 Å². The van der Waals surface area contributed by atoms with Crippen LogP contribution in [0, 0.1) is 0 Å². The molecule has 138 valence electrons. The van der Waals surface area contributed by atoms with Gasteiger partial charge >= 0.3 is 11.9 Å². The summed E-state index contributed by atoms with van der Waals surface area (Å²) in [7, 11) is 2.64. The molecular formula is C19H21NO6. The number of hydrogen-bond acceptors (Lipinski definition) is 7. The lowest BCUT2D eigenvalue weighted by molar-refractivity contribution is 0.0591. The molecule has 0 amide bonds. The number of ether oxygens (including phenoxy) is 4. The first-order valence-corrected chi connectivity index (χ1v) is 7.91. The van der Waals surface area contributed by atoms with Crippen molar-refractivity contribution < 1.29 is 28.5 Å². The second-order valence-electron chi connectivity index (χ2n) is 5.42. The summed E-state index contributed by atoms with van der Waals surface area (Å²) in [5, 5.41) is 0. The van der Waals surface area contributed by atoms with E-state index >= 15 is 0 Å². The number of nitrogens with two attached hydrogens (primary N) is 1. The molecule has 0 heterocycles. The summed E-state index contributed by atoms with van der Waals surface area (Å²) in [5.41, 5.74) is 6.78. The van der Waals surface area contributed by atoms with E-state index in [1.807, 2.05) is 0 Å². The minimum atomic E-state index is -0.437. The Morgan fingerprint density at radius 3 is 1.65 bits per heavy atom. The zero-order valence-corrected chi connectivity index (χ0v) is 14.6. The predicted molar refractivity (Wildman–Crippen MR) is 94.5 cm³/mol. The Labute approximate surface area is 151 Å². The zero-order chi connectivity index (χ0) is 18.9. The second kappa shape index (κ2) is 9.43. The molecule has 0 atom stereocenters. The molecule has 0 aliphatic carbocycles. The third-order valence-corrected chi connectivity index (χ3v) is 3.44. The average molecular weight is 359 g/mol. The van der Waals surface area contributed by atoms with Crippen molar-refractivity contribution in [3.8, 4) is 11.5 Å². The number of methoxy groups -OCH3 is 2. The maximum Gasteiger partial charge on any atom is 0.337 e.